The zero-order chi connectivity index (χ0) is 11.7. The molecule has 4 nitrogen and oxygen atoms in total. The first kappa shape index (κ1) is 11.5. The van der Waals surface area contributed by atoms with Crippen LogP contribution in [-0.4, -0.2) is 24.0 Å². The minimum atomic E-state index is 0.132. The van der Waals surface area contributed by atoms with Crippen LogP contribution >= 0.6 is 15.9 Å². The van der Waals surface area contributed by atoms with E-state index in [2.05, 4.69) is 20.9 Å². The molecule has 5 heteroatoms. The summed E-state index contributed by atoms with van der Waals surface area (Å²) in [7, 11) is 0. The Morgan fingerprint density at radius 3 is 3.00 bits per heavy atom. The largest absolute Gasteiger partial charge is 0.330 e. The molecular weight excluding hydrogens is 270 g/mol. The molecule has 2 rings (SSSR count). The molecule has 0 aliphatic carbocycles. The summed E-state index contributed by atoms with van der Waals surface area (Å²) in [5, 5.41) is 0. The van der Waals surface area contributed by atoms with Crippen molar-refractivity contribution in [1.29, 1.82) is 0 Å². The lowest BCUT2D eigenvalue weighted by molar-refractivity contribution is -0.117. The van der Waals surface area contributed by atoms with Crippen molar-refractivity contribution in [2.24, 2.45) is 11.7 Å². The van der Waals surface area contributed by atoms with E-state index in [9.17, 15) is 4.79 Å². The fraction of sp³-hybridized carbons (Fsp3) is 0.455. The lowest BCUT2D eigenvalue weighted by Crippen LogP contribution is -2.25. The Morgan fingerprint density at radius 1 is 1.69 bits per heavy atom. The van der Waals surface area contributed by atoms with E-state index < -0.39 is 0 Å². The quantitative estimate of drug-likeness (QED) is 0.894. The van der Waals surface area contributed by atoms with Crippen LogP contribution < -0.4 is 10.6 Å². The number of aryl methyl sites for hydroxylation is 1. The first-order valence-electron chi connectivity index (χ1n) is 5.24. The molecule has 2 N–H and O–H groups in total. The SMILES string of the molecule is Cc1ncc(N2CC(CN)CC2=O)cc1Br. The molecule has 2 heterocycles. The summed E-state index contributed by atoms with van der Waals surface area (Å²) in [5.41, 5.74) is 7.35. The third-order valence-electron chi connectivity index (χ3n) is 2.86. The van der Waals surface area contributed by atoms with Crippen molar-refractivity contribution >= 4 is 27.5 Å². The summed E-state index contributed by atoms with van der Waals surface area (Å²) in [4.78, 5) is 17.8. The predicted octanol–water partition coefficient (Wildman–Crippen LogP) is 1.46. The van der Waals surface area contributed by atoms with Crippen LogP contribution in [-0.2, 0) is 4.79 Å². The summed E-state index contributed by atoms with van der Waals surface area (Å²) in [6.45, 7) is 3.18. The molecule has 16 heavy (non-hydrogen) atoms. The number of nitrogens with zero attached hydrogens (tertiary/aromatic N) is 2. The molecule has 1 aromatic heterocycles. The molecule has 1 amide bonds. The second-order valence-corrected chi connectivity index (χ2v) is 4.93. The second kappa shape index (κ2) is 4.51. The predicted molar refractivity (Wildman–Crippen MR) is 66.2 cm³/mol. The molecular formula is C11H14BrN3O. The van der Waals surface area contributed by atoms with Gasteiger partial charge in [0.15, 0.2) is 0 Å². The summed E-state index contributed by atoms with van der Waals surface area (Å²) in [5.74, 6) is 0.403. The molecule has 1 saturated heterocycles. The lowest BCUT2D eigenvalue weighted by atomic mass is 10.1. The van der Waals surface area contributed by atoms with Gasteiger partial charge in [-0.1, -0.05) is 0 Å². The van der Waals surface area contributed by atoms with E-state index in [1.165, 1.54) is 0 Å². The molecule has 1 fully saturated rings. The molecule has 0 spiro atoms. The average molecular weight is 284 g/mol. The number of nitrogens with two attached hydrogens (primary N) is 1. The fourth-order valence-electron chi connectivity index (χ4n) is 1.83. The summed E-state index contributed by atoms with van der Waals surface area (Å²) >= 11 is 3.42. The van der Waals surface area contributed by atoms with E-state index in [4.69, 9.17) is 5.73 Å². The van der Waals surface area contributed by atoms with Crippen LogP contribution in [0.2, 0.25) is 0 Å². The molecule has 86 valence electrons. The Balaban J connectivity index is 2.24. The number of anilines is 1. The number of carbonyl (C=O) groups is 1. The standard InChI is InChI=1S/C11H14BrN3O/c1-7-10(12)3-9(5-14-7)15-6-8(4-13)2-11(15)16/h3,5,8H,2,4,6,13H2,1H3. The maximum atomic E-state index is 11.8. The first-order valence-corrected chi connectivity index (χ1v) is 6.03. The molecule has 1 unspecified atom stereocenters. The van der Waals surface area contributed by atoms with Gasteiger partial charge in [-0.05, 0) is 41.4 Å². The third-order valence-corrected chi connectivity index (χ3v) is 3.66. The normalized spacial score (nSPS) is 20.6. The van der Waals surface area contributed by atoms with Gasteiger partial charge in [-0.15, -0.1) is 0 Å². The highest BCUT2D eigenvalue weighted by Gasteiger charge is 2.29. The highest BCUT2D eigenvalue weighted by Crippen LogP contribution is 2.27. The van der Waals surface area contributed by atoms with Crippen LogP contribution in [0.15, 0.2) is 16.7 Å². The van der Waals surface area contributed by atoms with E-state index >= 15 is 0 Å². The molecule has 0 bridgehead atoms. The number of rotatable bonds is 2. The summed E-state index contributed by atoms with van der Waals surface area (Å²) in [6, 6.07) is 1.93. The Bertz CT molecular complexity index is 422. The maximum absolute atomic E-state index is 11.8. The van der Waals surface area contributed by atoms with Crippen molar-refractivity contribution < 1.29 is 4.79 Å². The molecule has 1 atom stereocenters. The van der Waals surface area contributed by atoms with E-state index in [0.717, 1.165) is 15.9 Å². The van der Waals surface area contributed by atoms with Gasteiger partial charge < -0.3 is 10.6 Å². The van der Waals surface area contributed by atoms with Gasteiger partial charge in [0.2, 0.25) is 5.91 Å². The summed E-state index contributed by atoms with van der Waals surface area (Å²) < 4.78 is 0.925. The zero-order valence-corrected chi connectivity index (χ0v) is 10.7. The molecule has 0 aromatic carbocycles. The van der Waals surface area contributed by atoms with Gasteiger partial charge in [0.1, 0.15) is 0 Å². The van der Waals surface area contributed by atoms with E-state index in [1.807, 2.05) is 13.0 Å². The smallest absolute Gasteiger partial charge is 0.227 e. The van der Waals surface area contributed by atoms with Gasteiger partial charge in [-0.3, -0.25) is 9.78 Å². The summed E-state index contributed by atoms with van der Waals surface area (Å²) in [6.07, 6.45) is 2.28. The molecule has 0 radical (unpaired) electrons. The van der Waals surface area contributed by atoms with Crippen molar-refractivity contribution in [3.05, 3.63) is 22.4 Å². The van der Waals surface area contributed by atoms with Crippen molar-refractivity contribution in [2.45, 2.75) is 13.3 Å². The number of halogens is 1. The number of amides is 1. The maximum Gasteiger partial charge on any atom is 0.227 e. The van der Waals surface area contributed by atoms with Crippen molar-refractivity contribution in [1.82, 2.24) is 4.98 Å². The molecule has 0 saturated carbocycles. The lowest BCUT2D eigenvalue weighted by Gasteiger charge is -2.16. The van der Waals surface area contributed by atoms with Crippen molar-refractivity contribution in [2.75, 3.05) is 18.0 Å². The Morgan fingerprint density at radius 2 is 2.44 bits per heavy atom. The molecule has 1 aliphatic rings. The monoisotopic (exact) mass is 283 g/mol. The zero-order valence-electron chi connectivity index (χ0n) is 9.11. The third kappa shape index (κ3) is 2.10. The topological polar surface area (TPSA) is 59.2 Å². The van der Waals surface area contributed by atoms with Gasteiger partial charge >= 0.3 is 0 Å². The van der Waals surface area contributed by atoms with Gasteiger partial charge in [0.25, 0.3) is 0 Å². The Hall–Kier alpha value is -0.940. The van der Waals surface area contributed by atoms with Gasteiger partial charge in [-0.2, -0.15) is 0 Å². The van der Waals surface area contributed by atoms with Gasteiger partial charge in [0.05, 0.1) is 17.6 Å². The average Bonchev–Trinajstić information content (AvgIpc) is 2.64. The van der Waals surface area contributed by atoms with Crippen LogP contribution in [0.4, 0.5) is 5.69 Å². The van der Waals surface area contributed by atoms with Crippen molar-refractivity contribution in [3.8, 4) is 0 Å². The Kier molecular flexibility index (Phi) is 3.25. The van der Waals surface area contributed by atoms with E-state index in [0.29, 0.717) is 19.5 Å². The Labute approximate surface area is 103 Å². The number of aromatic nitrogens is 1. The van der Waals surface area contributed by atoms with Crippen LogP contribution in [0, 0.1) is 12.8 Å². The van der Waals surface area contributed by atoms with Gasteiger partial charge in [-0.25, -0.2) is 0 Å². The fourth-order valence-corrected chi connectivity index (χ4v) is 2.17. The van der Waals surface area contributed by atoms with Crippen LogP contribution in [0.5, 0.6) is 0 Å². The number of hydrogen-bond acceptors (Lipinski definition) is 3. The highest BCUT2D eigenvalue weighted by molar-refractivity contribution is 9.10. The van der Waals surface area contributed by atoms with Crippen LogP contribution in [0.1, 0.15) is 12.1 Å². The second-order valence-electron chi connectivity index (χ2n) is 4.07. The number of carbonyl (C=O) groups excluding carboxylic acids is 1. The first-order chi connectivity index (χ1) is 7.61. The van der Waals surface area contributed by atoms with Crippen LogP contribution in [0.3, 0.4) is 0 Å². The number of pyridine rings is 1. The van der Waals surface area contributed by atoms with Crippen molar-refractivity contribution in [3.63, 3.8) is 0 Å². The molecule has 1 aromatic rings. The minimum absolute atomic E-state index is 0.132. The highest BCUT2D eigenvalue weighted by atomic mass is 79.9. The number of hydrogen-bond donors (Lipinski definition) is 1. The molecule has 1 aliphatic heterocycles. The van der Waals surface area contributed by atoms with Crippen LogP contribution in [0.25, 0.3) is 0 Å². The van der Waals surface area contributed by atoms with Gasteiger partial charge in [0, 0.05) is 17.4 Å². The van der Waals surface area contributed by atoms with E-state index in [-0.39, 0.29) is 11.8 Å². The van der Waals surface area contributed by atoms with E-state index in [1.54, 1.807) is 11.1 Å². The minimum Gasteiger partial charge on any atom is -0.330 e.